The SMILES string of the molecule is CCCC(NCc1cccc(OCc2ccc(F)cc2Cl)c1)c1ccccc1. The first-order chi connectivity index (χ1) is 13.7. The van der Waals surface area contributed by atoms with Crippen molar-refractivity contribution in [3.05, 3.63) is 100 Å². The molecule has 0 aliphatic carbocycles. The van der Waals surface area contributed by atoms with E-state index in [0.717, 1.165) is 36.3 Å². The molecule has 28 heavy (non-hydrogen) atoms. The van der Waals surface area contributed by atoms with Gasteiger partial charge in [-0.2, -0.15) is 0 Å². The molecule has 3 aromatic carbocycles. The average Bonchev–Trinajstić information content (AvgIpc) is 2.71. The summed E-state index contributed by atoms with van der Waals surface area (Å²) < 4.78 is 19.0. The summed E-state index contributed by atoms with van der Waals surface area (Å²) >= 11 is 6.07. The Bertz CT molecular complexity index is 885. The Morgan fingerprint density at radius 1 is 1.00 bits per heavy atom. The van der Waals surface area contributed by atoms with Gasteiger partial charge in [0.05, 0.1) is 5.02 Å². The van der Waals surface area contributed by atoms with Gasteiger partial charge < -0.3 is 10.1 Å². The van der Waals surface area contributed by atoms with Crippen molar-refractivity contribution >= 4 is 11.6 Å². The molecule has 146 valence electrons. The van der Waals surface area contributed by atoms with Gasteiger partial charge in [-0.25, -0.2) is 4.39 Å². The Kier molecular flexibility index (Phi) is 7.46. The van der Waals surface area contributed by atoms with Crippen LogP contribution in [0.5, 0.6) is 5.75 Å². The summed E-state index contributed by atoms with van der Waals surface area (Å²) in [6.07, 6.45) is 2.21. The minimum Gasteiger partial charge on any atom is -0.489 e. The Morgan fingerprint density at radius 3 is 2.57 bits per heavy atom. The molecule has 3 rings (SSSR count). The highest BCUT2D eigenvalue weighted by Crippen LogP contribution is 2.22. The van der Waals surface area contributed by atoms with Gasteiger partial charge in [0.1, 0.15) is 18.2 Å². The Morgan fingerprint density at radius 2 is 1.82 bits per heavy atom. The van der Waals surface area contributed by atoms with Crippen LogP contribution >= 0.6 is 11.6 Å². The number of hydrogen-bond acceptors (Lipinski definition) is 2. The summed E-state index contributed by atoms with van der Waals surface area (Å²) in [5.74, 6) is 0.424. The lowest BCUT2D eigenvalue weighted by atomic mass is 10.0. The summed E-state index contributed by atoms with van der Waals surface area (Å²) in [4.78, 5) is 0. The zero-order valence-electron chi connectivity index (χ0n) is 16.0. The predicted molar refractivity (Wildman–Crippen MR) is 113 cm³/mol. The molecule has 0 bridgehead atoms. The fourth-order valence-corrected chi connectivity index (χ4v) is 3.37. The second kappa shape index (κ2) is 10.3. The van der Waals surface area contributed by atoms with Gasteiger partial charge in [0, 0.05) is 18.2 Å². The summed E-state index contributed by atoms with van der Waals surface area (Å²) in [6.45, 7) is 3.26. The summed E-state index contributed by atoms with van der Waals surface area (Å²) in [5.41, 5.74) is 3.22. The van der Waals surface area contributed by atoms with E-state index in [4.69, 9.17) is 16.3 Å². The van der Waals surface area contributed by atoms with Crippen molar-refractivity contribution in [2.75, 3.05) is 0 Å². The Hall–Kier alpha value is -2.36. The first kappa shape index (κ1) is 20.4. The molecule has 0 amide bonds. The normalized spacial score (nSPS) is 12.0. The summed E-state index contributed by atoms with van der Waals surface area (Å²) in [5, 5.41) is 4.03. The lowest BCUT2D eigenvalue weighted by Crippen LogP contribution is -2.20. The van der Waals surface area contributed by atoms with Crippen molar-refractivity contribution in [1.82, 2.24) is 5.32 Å². The lowest BCUT2D eigenvalue weighted by Gasteiger charge is -2.19. The predicted octanol–water partition coefficient (Wildman–Crippen LogP) is 6.69. The van der Waals surface area contributed by atoms with Gasteiger partial charge in [-0.1, -0.05) is 73.5 Å². The molecule has 0 aromatic heterocycles. The highest BCUT2D eigenvalue weighted by Gasteiger charge is 2.10. The van der Waals surface area contributed by atoms with E-state index in [0.29, 0.717) is 17.7 Å². The minimum atomic E-state index is -0.345. The monoisotopic (exact) mass is 397 g/mol. The van der Waals surface area contributed by atoms with Crippen molar-refractivity contribution in [1.29, 1.82) is 0 Å². The van der Waals surface area contributed by atoms with Crippen LogP contribution in [0.25, 0.3) is 0 Å². The lowest BCUT2D eigenvalue weighted by molar-refractivity contribution is 0.305. The topological polar surface area (TPSA) is 21.3 Å². The maximum Gasteiger partial charge on any atom is 0.124 e. The fourth-order valence-electron chi connectivity index (χ4n) is 3.15. The molecule has 0 aliphatic heterocycles. The van der Waals surface area contributed by atoms with Crippen LogP contribution in [0.15, 0.2) is 72.8 Å². The van der Waals surface area contributed by atoms with Crippen LogP contribution in [0.3, 0.4) is 0 Å². The number of hydrogen-bond donors (Lipinski definition) is 1. The third kappa shape index (κ3) is 5.82. The molecule has 0 aliphatic rings. The Balaban J connectivity index is 1.61. The smallest absolute Gasteiger partial charge is 0.124 e. The second-order valence-electron chi connectivity index (χ2n) is 6.80. The molecule has 0 saturated carbocycles. The van der Waals surface area contributed by atoms with Crippen molar-refractivity contribution in [2.45, 2.75) is 39.0 Å². The molecule has 1 unspecified atom stereocenters. The first-order valence-corrected chi connectivity index (χ1v) is 9.97. The van der Waals surface area contributed by atoms with Crippen LogP contribution in [-0.2, 0) is 13.2 Å². The van der Waals surface area contributed by atoms with Crippen molar-refractivity contribution in [3.63, 3.8) is 0 Å². The average molecular weight is 398 g/mol. The maximum atomic E-state index is 13.2. The van der Waals surface area contributed by atoms with Gasteiger partial charge in [-0.05, 0) is 41.8 Å². The minimum absolute atomic E-state index is 0.304. The number of nitrogens with one attached hydrogen (secondary N) is 1. The molecule has 0 saturated heterocycles. The zero-order valence-corrected chi connectivity index (χ0v) is 16.8. The van der Waals surface area contributed by atoms with E-state index in [1.54, 1.807) is 6.07 Å². The maximum absolute atomic E-state index is 13.2. The molecule has 0 spiro atoms. The number of benzene rings is 3. The molecular formula is C24H25ClFNO. The highest BCUT2D eigenvalue weighted by atomic mass is 35.5. The molecule has 0 heterocycles. The van der Waals surface area contributed by atoms with Crippen molar-refractivity contribution in [2.24, 2.45) is 0 Å². The van der Waals surface area contributed by atoms with Gasteiger partial charge in [0.2, 0.25) is 0 Å². The van der Waals surface area contributed by atoms with E-state index in [1.165, 1.54) is 17.7 Å². The third-order valence-electron chi connectivity index (χ3n) is 4.64. The van der Waals surface area contributed by atoms with Gasteiger partial charge in [-0.3, -0.25) is 0 Å². The van der Waals surface area contributed by atoms with E-state index in [9.17, 15) is 4.39 Å². The van der Waals surface area contributed by atoms with Gasteiger partial charge >= 0.3 is 0 Å². The van der Waals surface area contributed by atoms with E-state index >= 15 is 0 Å². The van der Waals surface area contributed by atoms with Crippen LogP contribution in [0.2, 0.25) is 5.02 Å². The molecule has 2 nitrogen and oxygen atoms in total. The molecule has 3 aromatic rings. The zero-order chi connectivity index (χ0) is 19.8. The Labute approximate surface area is 171 Å². The quantitative estimate of drug-likeness (QED) is 0.434. The molecule has 1 N–H and O–H groups in total. The van der Waals surface area contributed by atoms with Crippen molar-refractivity contribution < 1.29 is 9.13 Å². The van der Waals surface area contributed by atoms with Crippen LogP contribution in [0.1, 0.15) is 42.5 Å². The summed E-state index contributed by atoms with van der Waals surface area (Å²) in [6, 6.07) is 23.2. The molecule has 1 atom stereocenters. The van der Waals surface area contributed by atoms with Gasteiger partial charge in [-0.15, -0.1) is 0 Å². The molecule has 0 radical (unpaired) electrons. The van der Waals surface area contributed by atoms with Crippen LogP contribution < -0.4 is 10.1 Å². The van der Waals surface area contributed by atoms with E-state index in [-0.39, 0.29) is 5.82 Å². The number of rotatable bonds is 9. The largest absolute Gasteiger partial charge is 0.489 e. The molecule has 0 fully saturated rings. The van der Waals surface area contributed by atoms with Crippen LogP contribution in [-0.4, -0.2) is 0 Å². The van der Waals surface area contributed by atoms with Crippen molar-refractivity contribution in [3.8, 4) is 5.75 Å². The molecule has 4 heteroatoms. The standard InChI is InChI=1S/C24H25ClFNO/c1-2-7-24(19-9-4-3-5-10-19)27-16-18-8-6-11-22(14-18)28-17-20-12-13-21(26)15-23(20)25/h3-6,8-15,24,27H,2,7,16-17H2,1H3. The molecular weight excluding hydrogens is 373 g/mol. The van der Waals surface area contributed by atoms with Gasteiger partial charge in [0.15, 0.2) is 0 Å². The second-order valence-corrected chi connectivity index (χ2v) is 7.21. The first-order valence-electron chi connectivity index (χ1n) is 9.59. The van der Waals surface area contributed by atoms with E-state index in [1.807, 2.05) is 24.3 Å². The van der Waals surface area contributed by atoms with E-state index in [2.05, 4.69) is 42.6 Å². The third-order valence-corrected chi connectivity index (χ3v) is 4.99. The number of ether oxygens (including phenoxy) is 1. The van der Waals surface area contributed by atoms with Gasteiger partial charge in [0.25, 0.3) is 0 Å². The fraction of sp³-hybridized carbons (Fsp3) is 0.250. The summed E-state index contributed by atoms with van der Waals surface area (Å²) in [7, 11) is 0. The van der Waals surface area contributed by atoms with Crippen LogP contribution in [0.4, 0.5) is 4.39 Å². The van der Waals surface area contributed by atoms with E-state index < -0.39 is 0 Å². The highest BCUT2D eigenvalue weighted by molar-refractivity contribution is 6.31. The number of halogens is 2. The van der Waals surface area contributed by atoms with Crippen LogP contribution in [0, 0.1) is 5.82 Å².